The van der Waals surface area contributed by atoms with Gasteiger partial charge in [0.15, 0.2) is 0 Å². The smallest absolute Gasteiger partial charge is 0.226 e. The highest BCUT2D eigenvalue weighted by molar-refractivity contribution is 5.80. The summed E-state index contributed by atoms with van der Waals surface area (Å²) in [7, 11) is 0. The van der Waals surface area contributed by atoms with E-state index in [1.807, 2.05) is 0 Å². The van der Waals surface area contributed by atoms with Crippen LogP contribution in [-0.2, 0) is 4.79 Å². The third-order valence-electron chi connectivity index (χ3n) is 4.33. The maximum absolute atomic E-state index is 12.5. The molecule has 3 fully saturated rings. The second-order valence-corrected chi connectivity index (χ2v) is 5.78. The summed E-state index contributed by atoms with van der Waals surface area (Å²) in [5.74, 6) is 2.35. The molecule has 0 aromatic rings. The largest absolute Gasteiger partial charge is 0.342 e. The van der Waals surface area contributed by atoms with Gasteiger partial charge in [-0.15, -0.1) is 0 Å². The lowest BCUT2D eigenvalue weighted by Gasteiger charge is -2.31. The Labute approximate surface area is 97.7 Å². The Morgan fingerprint density at radius 3 is 2.06 bits per heavy atom. The molecule has 2 aliphatic carbocycles. The minimum absolute atomic E-state index is 0.395. The van der Waals surface area contributed by atoms with Crippen molar-refractivity contribution in [2.24, 2.45) is 17.8 Å². The Kier molecular flexibility index (Phi) is 2.53. The van der Waals surface area contributed by atoms with E-state index >= 15 is 0 Å². The number of hydrogen-bond acceptors (Lipinski definition) is 1. The zero-order chi connectivity index (χ0) is 11.1. The molecule has 2 nitrogen and oxygen atoms in total. The zero-order valence-electron chi connectivity index (χ0n) is 9.95. The third-order valence-corrected chi connectivity index (χ3v) is 4.33. The monoisotopic (exact) mass is 219 g/mol. The number of hydrogen-bond donors (Lipinski definition) is 0. The van der Waals surface area contributed by atoms with Gasteiger partial charge in [0.25, 0.3) is 0 Å². The Balaban J connectivity index is 1.63. The van der Waals surface area contributed by atoms with Crippen LogP contribution in [-0.4, -0.2) is 23.9 Å². The Morgan fingerprint density at radius 2 is 1.62 bits per heavy atom. The molecule has 0 aromatic heterocycles. The Bertz CT molecular complexity index is 293. The van der Waals surface area contributed by atoms with Crippen molar-refractivity contribution in [1.29, 1.82) is 0 Å². The molecule has 0 aromatic carbocycles. The van der Waals surface area contributed by atoms with Crippen LogP contribution >= 0.6 is 0 Å². The number of carbonyl (C=O) groups excluding carboxylic acids is 1. The molecule has 2 heteroatoms. The molecule has 0 bridgehead atoms. The molecule has 2 saturated carbocycles. The SMILES string of the molecule is C=C1CCN(C(=O)C(C2CC2)C2CC2)CC1. The maximum Gasteiger partial charge on any atom is 0.226 e. The molecule has 0 spiro atoms. The van der Waals surface area contributed by atoms with Crippen LogP contribution in [0.25, 0.3) is 0 Å². The van der Waals surface area contributed by atoms with Crippen molar-refractivity contribution in [3.05, 3.63) is 12.2 Å². The quantitative estimate of drug-likeness (QED) is 0.668. The lowest BCUT2D eigenvalue weighted by atomic mass is 9.94. The lowest BCUT2D eigenvalue weighted by molar-refractivity contribution is -0.137. The Hall–Kier alpha value is -0.790. The van der Waals surface area contributed by atoms with Crippen molar-refractivity contribution in [2.75, 3.05) is 13.1 Å². The molecule has 1 amide bonds. The number of likely N-dealkylation sites (tertiary alicyclic amines) is 1. The molecule has 16 heavy (non-hydrogen) atoms. The van der Waals surface area contributed by atoms with Gasteiger partial charge in [0, 0.05) is 19.0 Å². The summed E-state index contributed by atoms with van der Waals surface area (Å²) in [4.78, 5) is 14.6. The highest BCUT2D eigenvalue weighted by Gasteiger charge is 2.46. The second-order valence-electron chi connectivity index (χ2n) is 5.78. The molecule has 1 heterocycles. The Morgan fingerprint density at radius 1 is 1.12 bits per heavy atom. The van der Waals surface area contributed by atoms with Crippen molar-refractivity contribution < 1.29 is 4.79 Å². The summed E-state index contributed by atoms with van der Waals surface area (Å²) in [6.07, 6.45) is 7.24. The number of rotatable bonds is 3. The van der Waals surface area contributed by atoms with Crippen molar-refractivity contribution in [3.63, 3.8) is 0 Å². The van der Waals surface area contributed by atoms with E-state index in [-0.39, 0.29) is 0 Å². The highest BCUT2D eigenvalue weighted by Crippen LogP contribution is 2.50. The molecule has 0 N–H and O–H groups in total. The first kappa shape index (κ1) is 10.4. The first-order valence-electron chi connectivity index (χ1n) is 6.71. The standard InChI is InChI=1S/C14H21NO/c1-10-6-8-15(9-7-10)14(16)13(11-2-3-11)12-4-5-12/h11-13H,1-9H2. The van der Waals surface area contributed by atoms with E-state index in [1.165, 1.54) is 31.3 Å². The summed E-state index contributed by atoms with van der Waals surface area (Å²) in [5, 5.41) is 0. The van der Waals surface area contributed by atoms with Gasteiger partial charge in [0.05, 0.1) is 0 Å². The molecule has 1 saturated heterocycles. The topological polar surface area (TPSA) is 20.3 Å². The van der Waals surface area contributed by atoms with E-state index in [2.05, 4.69) is 11.5 Å². The molecular weight excluding hydrogens is 198 g/mol. The minimum atomic E-state index is 0.395. The van der Waals surface area contributed by atoms with Crippen LogP contribution < -0.4 is 0 Å². The molecule has 0 atom stereocenters. The van der Waals surface area contributed by atoms with Crippen LogP contribution in [0.3, 0.4) is 0 Å². The van der Waals surface area contributed by atoms with E-state index in [0.717, 1.165) is 37.8 Å². The predicted octanol–water partition coefficient (Wildman–Crippen LogP) is 2.60. The summed E-state index contributed by atoms with van der Waals surface area (Å²) >= 11 is 0. The summed E-state index contributed by atoms with van der Waals surface area (Å²) < 4.78 is 0. The number of piperidine rings is 1. The van der Waals surface area contributed by atoms with Crippen molar-refractivity contribution in [3.8, 4) is 0 Å². The van der Waals surface area contributed by atoms with Crippen LogP contribution in [0.5, 0.6) is 0 Å². The van der Waals surface area contributed by atoms with Gasteiger partial charge < -0.3 is 4.90 Å². The highest BCUT2D eigenvalue weighted by atomic mass is 16.2. The number of carbonyl (C=O) groups is 1. The second kappa shape index (κ2) is 3.90. The number of amides is 1. The van der Waals surface area contributed by atoms with E-state index in [4.69, 9.17) is 0 Å². The van der Waals surface area contributed by atoms with E-state index in [1.54, 1.807) is 0 Å². The molecule has 1 aliphatic heterocycles. The van der Waals surface area contributed by atoms with Crippen LogP contribution in [0.4, 0.5) is 0 Å². The lowest BCUT2D eigenvalue weighted by Crippen LogP contribution is -2.41. The summed E-state index contributed by atoms with van der Waals surface area (Å²) in [6, 6.07) is 0. The van der Waals surface area contributed by atoms with Crippen LogP contribution in [0.1, 0.15) is 38.5 Å². The fraction of sp³-hybridized carbons (Fsp3) is 0.786. The van der Waals surface area contributed by atoms with E-state index in [0.29, 0.717) is 11.8 Å². The normalized spacial score (nSPS) is 26.3. The molecule has 0 radical (unpaired) electrons. The maximum atomic E-state index is 12.5. The van der Waals surface area contributed by atoms with Crippen LogP contribution in [0, 0.1) is 17.8 Å². The first-order chi connectivity index (χ1) is 7.75. The zero-order valence-corrected chi connectivity index (χ0v) is 9.95. The molecular formula is C14H21NO. The minimum Gasteiger partial charge on any atom is -0.342 e. The van der Waals surface area contributed by atoms with Gasteiger partial charge in [-0.25, -0.2) is 0 Å². The summed E-state index contributed by atoms with van der Waals surface area (Å²) in [6.45, 7) is 5.86. The van der Waals surface area contributed by atoms with Gasteiger partial charge in [-0.05, 0) is 50.4 Å². The summed E-state index contributed by atoms with van der Waals surface area (Å²) in [5.41, 5.74) is 1.32. The van der Waals surface area contributed by atoms with Crippen LogP contribution in [0.15, 0.2) is 12.2 Å². The van der Waals surface area contributed by atoms with Gasteiger partial charge >= 0.3 is 0 Å². The van der Waals surface area contributed by atoms with Gasteiger partial charge in [-0.2, -0.15) is 0 Å². The van der Waals surface area contributed by atoms with Gasteiger partial charge in [0.2, 0.25) is 5.91 Å². The number of nitrogens with zero attached hydrogens (tertiary/aromatic N) is 1. The van der Waals surface area contributed by atoms with E-state index < -0.39 is 0 Å². The van der Waals surface area contributed by atoms with Crippen LogP contribution in [0.2, 0.25) is 0 Å². The average Bonchev–Trinajstić information content (AvgIpc) is 3.13. The first-order valence-corrected chi connectivity index (χ1v) is 6.71. The molecule has 3 rings (SSSR count). The van der Waals surface area contributed by atoms with E-state index in [9.17, 15) is 4.79 Å². The average molecular weight is 219 g/mol. The van der Waals surface area contributed by atoms with Crippen molar-refractivity contribution in [2.45, 2.75) is 38.5 Å². The van der Waals surface area contributed by atoms with Gasteiger partial charge in [-0.1, -0.05) is 12.2 Å². The molecule has 88 valence electrons. The van der Waals surface area contributed by atoms with Crippen molar-refractivity contribution >= 4 is 5.91 Å². The van der Waals surface area contributed by atoms with Gasteiger partial charge in [0.1, 0.15) is 0 Å². The molecule has 3 aliphatic rings. The van der Waals surface area contributed by atoms with Crippen molar-refractivity contribution in [1.82, 2.24) is 4.90 Å². The fourth-order valence-electron chi connectivity index (χ4n) is 2.95. The van der Waals surface area contributed by atoms with Gasteiger partial charge in [-0.3, -0.25) is 4.79 Å². The third kappa shape index (κ3) is 2.02. The fourth-order valence-corrected chi connectivity index (χ4v) is 2.95. The molecule has 0 unspecified atom stereocenters. The predicted molar refractivity (Wildman–Crippen MR) is 63.9 cm³/mol.